The van der Waals surface area contributed by atoms with Crippen LogP contribution in [0.4, 0.5) is 5.69 Å². The van der Waals surface area contributed by atoms with Crippen molar-refractivity contribution in [3.05, 3.63) is 99.5 Å². The van der Waals surface area contributed by atoms with Gasteiger partial charge < -0.3 is 15.7 Å². The number of nitrogens with two attached hydrogens (primary N) is 1. The summed E-state index contributed by atoms with van der Waals surface area (Å²) in [6.45, 7) is 2.28. The van der Waals surface area contributed by atoms with Gasteiger partial charge in [-0.3, -0.25) is 0 Å². The first kappa shape index (κ1) is 22.6. The molecule has 30 heavy (non-hydrogen) atoms. The topological polar surface area (TPSA) is 49.5 Å². The van der Waals surface area contributed by atoms with Crippen LogP contribution in [-0.4, -0.2) is 29.6 Å². The van der Waals surface area contributed by atoms with E-state index in [1.165, 1.54) is 11.1 Å². The van der Waals surface area contributed by atoms with Gasteiger partial charge in [0.25, 0.3) is 0 Å². The molecular weight excluding hydrogens is 415 g/mol. The number of rotatable bonds is 10. The summed E-state index contributed by atoms with van der Waals surface area (Å²) in [5.74, 6) is 0. The Morgan fingerprint density at radius 2 is 1.33 bits per heavy atom. The summed E-state index contributed by atoms with van der Waals surface area (Å²) in [5, 5.41) is 11.6. The number of benzene rings is 3. The predicted molar refractivity (Wildman–Crippen MR) is 127 cm³/mol. The Hall–Kier alpha value is -2.04. The van der Waals surface area contributed by atoms with Crippen molar-refractivity contribution in [1.29, 1.82) is 0 Å². The highest BCUT2D eigenvalue weighted by Gasteiger charge is 2.16. The lowest BCUT2D eigenvalue weighted by Crippen LogP contribution is -2.32. The summed E-state index contributed by atoms with van der Waals surface area (Å²) < 4.78 is 0. The zero-order valence-electron chi connectivity index (χ0n) is 17.0. The van der Waals surface area contributed by atoms with E-state index in [2.05, 4.69) is 53.4 Å². The summed E-state index contributed by atoms with van der Waals surface area (Å²) in [4.78, 5) is 2.30. The summed E-state index contributed by atoms with van der Waals surface area (Å²) >= 11 is 12.3. The van der Waals surface area contributed by atoms with Crippen LogP contribution in [0.25, 0.3) is 0 Å². The molecule has 0 heterocycles. The molecule has 0 aromatic heterocycles. The van der Waals surface area contributed by atoms with Crippen LogP contribution in [0.2, 0.25) is 10.0 Å². The predicted octanol–water partition coefficient (Wildman–Crippen LogP) is 5.79. The molecule has 0 bridgehead atoms. The molecule has 3 aromatic carbocycles. The molecule has 0 fully saturated rings. The Kier molecular flexibility index (Phi) is 8.59. The third kappa shape index (κ3) is 6.75. The first-order valence-corrected chi connectivity index (χ1v) is 11.0. The first-order valence-electron chi connectivity index (χ1n) is 10.3. The molecule has 0 aliphatic rings. The third-order valence-corrected chi connectivity index (χ3v) is 5.88. The van der Waals surface area contributed by atoms with Gasteiger partial charge in [-0.25, -0.2) is 0 Å². The minimum Gasteiger partial charge on any atom is -0.396 e. The number of aryl methyl sites for hydroxylation is 1. The van der Waals surface area contributed by atoms with Crippen LogP contribution in [0.1, 0.15) is 29.2 Å². The Morgan fingerprint density at radius 1 is 0.800 bits per heavy atom. The second-order valence-corrected chi connectivity index (χ2v) is 8.35. The molecule has 0 saturated heterocycles. The summed E-state index contributed by atoms with van der Waals surface area (Å²) in [5.41, 5.74) is 9.48. The molecule has 158 valence electrons. The zero-order valence-corrected chi connectivity index (χ0v) is 18.5. The molecule has 3 rings (SSSR count). The van der Waals surface area contributed by atoms with E-state index in [1.54, 1.807) is 12.1 Å². The third-order valence-electron chi connectivity index (χ3n) is 5.26. The quantitative estimate of drug-likeness (QED) is 0.390. The summed E-state index contributed by atoms with van der Waals surface area (Å²) in [6.07, 6.45) is 2.28. The van der Waals surface area contributed by atoms with Crippen molar-refractivity contribution in [1.82, 2.24) is 4.90 Å². The number of hydrogen-bond donors (Lipinski definition) is 2. The largest absolute Gasteiger partial charge is 0.396 e. The van der Waals surface area contributed by atoms with Gasteiger partial charge in [0.1, 0.15) is 0 Å². The van der Waals surface area contributed by atoms with Crippen LogP contribution in [0.5, 0.6) is 0 Å². The van der Waals surface area contributed by atoms with Crippen molar-refractivity contribution in [2.45, 2.75) is 25.4 Å². The molecule has 3 aromatic rings. The molecule has 3 nitrogen and oxygen atoms in total. The number of hydrogen-bond acceptors (Lipinski definition) is 3. The SMILES string of the molecule is Nc1c(Cl)cc(C(O)CN(CCCc2ccccc2)CCc2ccccc2)cc1Cl. The Labute approximate surface area is 189 Å². The second-order valence-electron chi connectivity index (χ2n) is 7.54. The molecule has 1 unspecified atom stereocenters. The molecule has 3 N–H and O–H groups in total. The van der Waals surface area contributed by atoms with Crippen molar-refractivity contribution in [3.8, 4) is 0 Å². The van der Waals surface area contributed by atoms with E-state index in [0.29, 0.717) is 27.8 Å². The maximum absolute atomic E-state index is 10.8. The lowest BCUT2D eigenvalue weighted by molar-refractivity contribution is 0.113. The lowest BCUT2D eigenvalue weighted by atomic mass is 10.1. The number of halogens is 2. The maximum Gasteiger partial charge on any atom is 0.0917 e. The van der Waals surface area contributed by atoms with Gasteiger partial charge in [-0.1, -0.05) is 83.9 Å². The van der Waals surface area contributed by atoms with Crippen LogP contribution < -0.4 is 5.73 Å². The Balaban J connectivity index is 1.64. The smallest absolute Gasteiger partial charge is 0.0917 e. The number of aliphatic hydroxyl groups is 1. The molecule has 0 amide bonds. The van der Waals surface area contributed by atoms with Gasteiger partial charge in [-0.05, 0) is 54.6 Å². The molecule has 0 radical (unpaired) electrons. The van der Waals surface area contributed by atoms with E-state index in [4.69, 9.17) is 28.9 Å². The van der Waals surface area contributed by atoms with Crippen molar-refractivity contribution in [2.24, 2.45) is 0 Å². The minimum atomic E-state index is -0.687. The van der Waals surface area contributed by atoms with Crippen LogP contribution in [0, 0.1) is 0 Å². The lowest BCUT2D eigenvalue weighted by Gasteiger charge is -2.26. The summed E-state index contributed by atoms with van der Waals surface area (Å²) in [6, 6.07) is 24.3. The van der Waals surface area contributed by atoms with E-state index >= 15 is 0 Å². The number of anilines is 1. The maximum atomic E-state index is 10.8. The van der Waals surface area contributed by atoms with Gasteiger partial charge in [0, 0.05) is 13.1 Å². The molecular formula is C25H28Cl2N2O. The highest BCUT2D eigenvalue weighted by atomic mass is 35.5. The van der Waals surface area contributed by atoms with Gasteiger partial charge in [0.2, 0.25) is 0 Å². The Bertz CT molecular complexity index is 896. The van der Waals surface area contributed by atoms with Gasteiger partial charge in [-0.15, -0.1) is 0 Å². The van der Waals surface area contributed by atoms with E-state index in [9.17, 15) is 5.11 Å². The molecule has 1 atom stereocenters. The standard InChI is InChI=1S/C25H28Cl2N2O/c26-22-16-21(17-23(27)25(22)28)24(30)18-29(15-13-20-10-5-2-6-11-20)14-7-12-19-8-3-1-4-9-19/h1-6,8-11,16-17,24,30H,7,12-15,18,28H2. The highest BCUT2D eigenvalue weighted by Crippen LogP contribution is 2.31. The normalized spacial score (nSPS) is 12.3. The van der Waals surface area contributed by atoms with Crippen molar-refractivity contribution in [2.75, 3.05) is 25.4 Å². The van der Waals surface area contributed by atoms with Crippen molar-refractivity contribution in [3.63, 3.8) is 0 Å². The molecule has 0 spiro atoms. The van der Waals surface area contributed by atoms with Gasteiger partial charge >= 0.3 is 0 Å². The van der Waals surface area contributed by atoms with E-state index in [1.807, 2.05) is 12.1 Å². The molecule has 0 saturated carbocycles. The fourth-order valence-electron chi connectivity index (χ4n) is 3.52. The fraction of sp³-hybridized carbons (Fsp3) is 0.280. The van der Waals surface area contributed by atoms with E-state index in [0.717, 1.165) is 32.4 Å². The minimum absolute atomic E-state index is 0.345. The summed E-state index contributed by atoms with van der Waals surface area (Å²) in [7, 11) is 0. The van der Waals surface area contributed by atoms with Gasteiger partial charge in [0.05, 0.1) is 21.8 Å². The number of nitrogens with zero attached hydrogens (tertiary/aromatic N) is 1. The van der Waals surface area contributed by atoms with Crippen LogP contribution >= 0.6 is 23.2 Å². The fourth-order valence-corrected chi connectivity index (χ4v) is 4.03. The monoisotopic (exact) mass is 442 g/mol. The molecule has 5 heteroatoms. The Morgan fingerprint density at radius 3 is 1.90 bits per heavy atom. The average Bonchev–Trinajstić information content (AvgIpc) is 2.76. The average molecular weight is 443 g/mol. The highest BCUT2D eigenvalue weighted by molar-refractivity contribution is 6.38. The molecule has 0 aliphatic carbocycles. The van der Waals surface area contributed by atoms with Gasteiger partial charge in [0.15, 0.2) is 0 Å². The zero-order chi connectivity index (χ0) is 21.3. The van der Waals surface area contributed by atoms with Crippen LogP contribution in [0.3, 0.4) is 0 Å². The van der Waals surface area contributed by atoms with Crippen LogP contribution in [-0.2, 0) is 12.8 Å². The van der Waals surface area contributed by atoms with E-state index < -0.39 is 6.10 Å². The molecule has 0 aliphatic heterocycles. The second kappa shape index (κ2) is 11.4. The van der Waals surface area contributed by atoms with Crippen molar-refractivity contribution >= 4 is 28.9 Å². The number of aliphatic hydroxyl groups excluding tert-OH is 1. The number of nitrogen functional groups attached to an aromatic ring is 1. The van der Waals surface area contributed by atoms with Gasteiger partial charge in [-0.2, -0.15) is 0 Å². The van der Waals surface area contributed by atoms with Crippen molar-refractivity contribution < 1.29 is 5.11 Å². The van der Waals surface area contributed by atoms with E-state index in [-0.39, 0.29) is 0 Å². The van der Waals surface area contributed by atoms with Crippen LogP contribution in [0.15, 0.2) is 72.8 Å². The first-order chi connectivity index (χ1) is 14.5.